The highest BCUT2D eigenvalue weighted by Crippen LogP contribution is 2.15. The molecule has 0 saturated heterocycles. The van der Waals surface area contributed by atoms with Gasteiger partial charge in [-0.2, -0.15) is 0 Å². The minimum absolute atomic E-state index is 0.0183. The maximum atomic E-state index is 12.1. The molecule has 0 saturated carbocycles. The molecule has 0 aliphatic heterocycles. The molecule has 0 bridgehead atoms. The summed E-state index contributed by atoms with van der Waals surface area (Å²) >= 11 is 0. The first-order valence-electron chi connectivity index (χ1n) is 6.79. The van der Waals surface area contributed by atoms with Crippen LogP contribution in [0.4, 0.5) is 0 Å². The van der Waals surface area contributed by atoms with Crippen molar-refractivity contribution in [1.82, 2.24) is 5.32 Å². The fourth-order valence-corrected chi connectivity index (χ4v) is 1.97. The molecule has 2 rings (SSSR count). The van der Waals surface area contributed by atoms with E-state index < -0.39 is 0 Å². The normalized spacial score (nSPS) is 11.7. The molecular formula is C17H19NO2. The first kappa shape index (κ1) is 14.1. The Balaban J connectivity index is 2.01. The van der Waals surface area contributed by atoms with Crippen molar-refractivity contribution >= 4 is 5.91 Å². The molecule has 0 unspecified atom stereocenters. The van der Waals surface area contributed by atoms with E-state index in [9.17, 15) is 4.79 Å². The minimum Gasteiger partial charge on any atom is -0.494 e. The number of carbonyl (C=O) groups excluding carboxylic acids is 1. The van der Waals surface area contributed by atoms with Gasteiger partial charge in [-0.15, -0.1) is 0 Å². The van der Waals surface area contributed by atoms with Crippen LogP contribution in [0.3, 0.4) is 0 Å². The summed E-state index contributed by atoms with van der Waals surface area (Å²) in [7, 11) is 0. The molecule has 20 heavy (non-hydrogen) atoms. The van der Waals surface area contributed by atoms with Gasteiger partial charge in [-0.1, -0.05) is 30.3 Å². The second-order valence-corrected chi connectivity index (χ2v) is 4.56. The van der Waals surface area contributed by atoms with Crippen LogP contribution in [0.2, 0.25) is 0 Å². The number of hydrogen-bond donors (Lipinski definition) is 1. The van der Waals surface area contributed by atoms with Crippen LogP contribution in [0.15, 0.2) is 54.6 Å². The lowest BCUT2D eigenvalue weighted by atomic mass is 10.1. The van der Waals surface area contributed by atoms with Gasteiger partial charge < -0.3 is 10.1 Å². The van der Waals surface area contributed by atoms with E-state index in [4.69, 9.17) is 4.74 Å². The SMILES string of the molecule is CCOc1ccc(C(=O)N[C@@H](C)c2ccccc2)cc1. The maximum Gasteiger partial charge on any atom is 0.251 e. The molecule has 0 fully saturated rings. The third kappa shape index (κ3) is 3.60. The van der Waals surface area contributed by atoms with Gasteiger partial charge in [-0.3, -0.25) is 4.79 Å². The molecule has 1 atom stereocenters. The molecule has 0 aliphatic carbocycles. The van der Waals surface area contributed by atoms with Crippen molar-refractivity contribution in [2.24, 2.45) is 0 Å². The third-order valence-electron chi connectivity index (χ3n) is 3.07. The molecule has 3 heteroatoms. The lowest BCUT2D eigenvalue weighted by molar-refractivity contribution is 0.0940. The van der Waals surface area contributed by atoms with E-state index >= 15 is 0 Å². The van der Waals surface area contributed by atoms with E-state index in [-0.39, 0.29) is 11.9 Å². The van der Waals surface area contributed by atoms with Crippen molar-refractivity contribution in [3.63, 3.8) is 0 Å². The number of benzene rings is 2. The second kappa shape index (κ2) is 6.75. The van der Waals surface area contributed by atoms with Crippen LogP contribution in [0, 0.1) is 0 Å². The molecule has 0 heterocycles. The molecule has 2 aromatic rings. The Hall–Kier alpha value is -2.29. The van der Waals surface area contributed by atoms with E-state index in [1.807, 2.05) is 56.3 Å². The highest BCUT2D eigenvalue weighted by atomic mass is 16.5. The maximum absolute atomic E-state index is 12.1. The zero-order valence-corrected chi connectivity index (χ0v) is 11.8. The first-order chi connectivity index (χ1) is 9.70. The number of hydrogen-bond acceptors (Lipinski definition) is 2. The summed E-state index contributed by atoms with van der Waals surface area (Å²) in [5, 5.41) is 2.98. The van der Waals surface area contributed by atoms with Gasteiger partial charge in [-0.05, 0) is 43.7 Å². The zero-order valence-electron chi connectivity index (χ0n) is 11.8. The lowest BCUT2D eigenvalue weighted by Gasteiger charge is -2.14. The number of rotatable bonds is 5. The van der Waals surface area contributed by atoms with Crippen LogP contribution in [-0.2, 0) is 0 Å². The fraction of sp³-hybridized carbons (Fsp3) is 0.235. The van der Waals surface area contributed by atoms with E-state index in [1.54, 1.807) is 12.1 Å². The summed E-state index contributed by atoms with van der Waals surface area (Å²) in [4.78, 5) is 12.1. The van der Waals surface area contributed by atoms with Crippen molar-refractivity contribution < 1.29 is 9.53 Å². The van der Waals surface area contributed by atoms with E-state index in [1.165, 1.54) is 0 Å². The van der Waals surface area contributed by atoms with Crippen molar-refractivity contribution in [1.29, 1.82) is 0 Å². The van der Waals surface area contributed by atoms with Crippen LogP contribution < -0.4 is 10.1 Å². The Morgan fingerprint density at radius 2 is 1.75 bits per heavy atom. The highest BCUT2D eigenvalue weighted by molar-refractivity contribution is 5.94. The van der Waals surface area contributed by atoms with Crippen LogP contribution in [0.5, 0.6) is 5.75 Å². The predicted octanol–water partition coefficient (Wildman–Crippen LogP) is 3.58. The van der Waals surface area contributed by atoms with Gasteiger partial charge in [0.1, 0.15) is 5.75 Å². The molecule has 2 aromatic carbocycles. The van der Waals surface area contributed by atoms with Crippen molar-refractivity contribution in [2.75, 3.05) is 6.61 Å². The number of amides is 1. The van der Waals surface area contributed by atoms with Gasteiger partial charge in [-0.25, -0.2) is 0 Å². The Kier molecular flexibility index (Phi) is 4.77. The summed E-state index contributed by atoms with van der Waals surface area (Å²) in [6, 6.07) is 17.1. The van der Waals surface area contributed by atoms with E-state index in [2.05, 4.69) is 5.32 Å². The van der Waals surface area contributed by atoms with Crippen LogP contribution >= 0.6 is 0 Å². The largest absolute Gasteiger partial charge is 0.494 e. The number of carbonyl (C=O) groups is 1. The lowest BCUT2D eigenvalue weighted by Crippen LogP contribution is -2.26. The predicted molar refractivity (Wildman–Crippen MR) is 79.9 cm³/mol. The van der Waals surface area contributed by atoms with Crippen molar-refractivity contribution in [2.45, 2.75) is 19.9 Å². The Morgan fingerprint density at radius 1 is 1.10 bits per heavy atom. The molecule has 3 nitrogen and oxygen atoms in total. The monoisotopic (exact) mass is 269 g/mol. The smallest absolute Gasteiger partial charge is 0.251 e. The van der Waals surface area contributed by atoms with Gasteiger partial charge >= 0.3 is 0 Å². The van der Waals surface area contributed by atoms with Gasteiger partial charge in [0.25, 0.3) is 5.91 Å². The number of ether oxygens (including phenoxy) is 1. The van der Waals surface area contributed by atoms with Crippen LogP contribution in [0.1, 0.15) is 35.8 Å². The van der Waals surface area contributed by atoms with Crippen LogP contribution in [-0.4, -0.2) is 12.5 Å². The third-order valence-corrected chi connectivity index (χ3v) is 3.07. The summed E-state index contributed by atoms with van der Waals surface area (Å²) in [6.45, 7) is 4.53. The summed E-state index contributed by atoms with van der Waals surface area (Å²) < 4.78 is 5.36. The highest BCUT2D eigenvalue weighted by Gasteiger charge is 2.11. The van der Waals surface area contributed by atoms with Gasteiger partial charge in [0, 0.05) is 5.56 Å². The first-order valence-corrected chi connectivity index (χ1v) is 6.79. The van der Waals surface area contributed by atoms with Gasteiger partial charge in [0.2, 0.25) is 0 Å². The zero-order chi connectivity index (χ0) is 14.4. The topological polar surface area (TPSA) is 38.3 Å². The number of nitrogens with one attached hydrogen (secondary N) is 1. The average molecular weight is 269 g/mol. The molecule has 0 aliphatic rings. The molecule has 0 radical (unpaired) electrons. The molecule has 104 valence electrons. The van der Waals surface area contributed by atoms with Crippen molar-refractivity contribution in [3.8, 4) is 5.75 Å². The van der Waals surface area contributed by atoms with Crippen molar-refractivity contribution in [3.05, 3.63) is 65.7 Å². The standard InChI is InChI=1S/C17H19NO2/c1-3-20-16-11-9-15(10-12-16)17(19)18-13(2)14-7-5-4-6-8-14/h4-13H,3H2,1-2H3,(H,18,19)/t13-/m0/s1. The molecule has 0 spiro atoms. The van der Waals surface area contributed by atoms with Crippen LogP contribution in [0.25, 0.3) is 0 Å². The van der Waals surface area contributed by atoms with Gasteiger partial charge in [0.05, 0.1) is 12.6 Å². The van der Waals surface area contributed by atoms with E-state index in [0.29, 0.717) is 12.2 Å². The Bertz CT molecular complexity index is 549. The summed E-state index contributed by atoms with van der Waals surface area (Å²) in [6.07, 6.45) is 0. The van der Waals surface area contributed by atoms with E-state index in [0.717, 1.165) is 11.3 Å². The Morgan fingerprint density at radius 3 is 2.35 bits per heavy atom. The summed E-state index contributed by atoms with van der Waals surface area (Å²) in [5.74, 6) is 0.699. The molecular weight excluding hydrogens is 250 g/mol. The van der Waals surface area contributed by atoms with Gasteiger partial charge in [0.15, 0.2) is 0 Å². The average Bonchev–Trinajstić information content (AvgIpc) is 2.49. The fourth-order valence-electron chi connectivity index (χ4n) is 1.97. The second-order valence-electron chi connectivity index (χ2n) is 4.56. The molecule has 1 amide bonds. The molecule has 0 aromatic heterocycles. The minimum atomic E-state index is -0.0793. The quantitative estimate of drug-likeness (QED) is 0.901. The Labute approximate surface area is 119 Å². The molecule has 1 N–H and O–H groups in total. The summed E-state index contributed by atoms with van der Waals surface area (Å²) in [5.41, 5.74) is 1.73.